The number of halogens is 1. The van der Waals surface area contributed by atoms with Crippen molar-refractivity contribution in [3.05, 3.63) is 47.0 Å². The molecule has 106 valence electrons. The predicted octanol–water partition coefficient (Wildman–Crippen LogP) is 2.61. The molecule has 2 aromatic rings. The summed E-state index contributed by atoms with van der Waals surface area (Å²) in [7, 11) is 0. The van der Waals surface area contributed by atoms with E-state index in [1.807, 2.05) is 19.9 Å². The molecule has 0 atom stereocenters. The lowest BCUT2D eigenvalue weighted by atomic mass is 10.0. The van der Waals surface area contributed by atoms with Crippen molar-refractivity contribution in [3.8, 4) is 0 Å². The summed E-state index contributed by atoms with van der Waals surface area (Å²) in [6.07, 6.45) is 0.991. The third-order valence-corrected chi connectivity index (χ3v) is 3.27. The Morgan fingerprint density at radius 3 is 2.80 bits per heavy atom. The fraction of sp³-hybridized carbons (Fsp3) is 0.333. The minimum atomic E-state index is -0.561. The molecule has 0 bridgehead atoms. The first-order chi connectivity index (χ1) is 9.56. The lowest BCUT2D eigenvalue weighted by molar-refractivity contribution is 0.0991. The molecule has 20 heavy (non-hydrogen) atoms. The molecule has 0 unspecified atom stereocenters. The van der Waals surface area contributed by atoms with Crippen LogP contribution in [0.4, 0.5) is 10.1 Å². The van der Waals surface area contributed by atoms with Gasteiger partial charge in [-0.3, -0.25) is 9.48 Å². The first-order valence-corrected chi connectivity index (χ1v) is 6.69. The molecule has 0 aliphatic rings. The van der Waals surface area contributed by atoms with E-state index in [9.17, 15) is 9.18 Å². The van der Waals surface area contributed by atoms with Gasteiger partial charge in [-0.05, 0) is 31.5 Å². The van der Waals surface area contributed by atoms with Crippen LogP contribution in [0.15, 0.2) is 24.3 Å². The van der Waals surface area contributed by atoms with Crippen LogP contribution in [0.5, 0.6) is 0 Å². The number of rotatable bonds is 5. The van der Waals surface area contributed by atoms with Gasteiger partial charge in [-0.1, -0.05) is 13.0 Å². The quantitative estimate of drug-likeness (QED) is 0.674. The Balaban J connectivity index is 2.27. The predicted molar refractivity (Wildman–Crippen MR) is 76.1 cm³/mol. The molecule has 5 heteroatoms. The highest BCUT2D eigenvalue weighted by molar-refractivity contribution is 6.01. The zero-order chi connectivity index (χ0) is 14.7. The molecule has 0 saturated heterocycles. The summed E-state index contributed by atoms with van der Waals surface area (Å²) in [5, 5.41) is 4.39. The van der Waals surface area contributed by atoms with Crippen LogP contribution in [-0.4, -0.2) is 15.6 Å². The van der Waals surface area contributed by atoms with Gasteiger partial charge >= 0.3 is 0 Å². The highest BCUT2D eigenvalue weighted by Gasteiger charge is 2.16. The number of hydrogen-bond donors (Lipinski definition) is 1. The van der Waals surface area contributed by atoms with Crippen molar-refractivity contribution in [2.45, 2.75) is 33.2 Å². The topological polar surface area (TPSA) is 60.9 Å². The molecule has 1 heterocycles. The number of aromatic nitrogens is 2. The summed E-state index contributed by atoms with van der Waals surface area (Å²) in [5.74, 6) is -0.756. The van der Waals surface area contributed by atoms with Crippen LogP contribution in [0.1, 0.15) is 35.6 Å². The van der Waals surface area contributed by atoms with E-state index in [1.54, 1.807) is 10.7 Å². The lowest BCUT2D eigenvalue weighted by Gasteiger charge is -2.07. The summed E-state index contributed by atoms with van der Waals surface area (Å²) >= 11 is 0. The fourth-order valence-electron chi connectivity index (χ4n) is 2.14. The SMILES string of the molecule is CCc1cc(CC(=O)c2cccc(F)c2N)n(CC)n1. The molecular weight excluding hydrogens is 257 g/mol. The number of Topliss-reactive ketones (excluding diaryl/α,β-unsaturated/α-hetero) is 1. The van der Waals surface area contributed by atoms with Gasteiger partial charge in [-0.15, -0.1) is 0 Å². The molecule has 0 aliphatic heterocycles. The molecule has 0 spiro atoms. The Hall–Kier alpha value is -2.17. The van der Waals surface area contributed by atoms with Gasteiger partial charge in [0.1, 0.15) is 5.82 Å². The van der Waals surface area contributed by atoms with Crippen LogP contribution in [-0.2, 0) is 19.4 Å². The zero-order valence-corrected chi connectivity index (χ0v) is 11.7. The normalized spacial score (nSPS) is 10.8. The second kappa shape index (κ2) is 5.86. The molecule has 0 radical (unpaired) electrons. The van der Waals surface area contributed by atoms with Crippen molar-refractivity contribution < 1.29 is 9.18 Å². The highest BCUT2D eigenvalue weighted by Crippen LogP contribution is 2.18. The van der Waals surface area contributed by atoms with Crippen molar-refractivity contribution in [2.75, 3.05) is 5.73 Å². The molecular formula is C15H18FN3O. The first kappa shape index (κ1) is 14.2. The number of para-hydroxylation sites is 1. The van der Waals surface area contributed by atoms with Crippen molar-refractivity contribution in [3.63, 3.8) is 0 Å². The third-order valence-electron chi connectivity index (χ3n) is 3.27. The molecule has 0 amide bonds. The molecule has 4 nitrogen and oxygen atoms in total. The largest absolute Gasteiger partial charge is 0.396 e. The van der Waals surface area contributed by atoms with E-state index < -0.39 is 5.82 Å². The van der Waals surface area contributed by atoms with Crippen molar-refractivity contribution in [2.24, 2.45) is 0 Å². The smallest absolute Gasteiger partial charge is 0.170 e. The van der Waals surface area contributed by atoms with E-state index in [2.05, 4.69) is 5.10 Å². The van der Waals surface area contributed by atoms with Gasteiger partial charge in [-0.2, -0.15) is 5.10 Å². The number of ketones is 1. The van der Waals surface area contributed by atoms with Crippen molar-refractivity contribution in [1.82, 2.24) is 9.78 Å². The number of nitrogens with zero attached hydrogens (tertiary/aromatic N) is 2. The van der Waals surface area contributed by atoms with E-state index in [1.165, 1.54) is 12.1 Å². The number of nitrogen functional groups attached to an aromatic ring is 1. The Morgan fingerprint density at radius 1 is 1.40 bits per heavy atom. The maximum Gasteiger partial charge on any atom is 0.170 e. The second-order valence-electron chi connectivity index (χ2n) is 4.60. The van der Waals surface area contributed by atoms with Crippen LogP contribution in [0.2, 0.25) is 0 Å². The maximum atomic E-state index is 13.4. The Labute approximate surface area is 117 Å². The second-order valence-corrected chi connectivity index (χ2v) is 4.60. The average Bonchev–Trinajstić information content (AvgIpc) is 2.84. The summed E-state index contributed by atoms with van der Waals surface area (Å²) in [6.45, 7) is 4.68. The molecule has 2 rings (SSSR count). The molecule has 1 aromatic carbocycles. The van der Waals surface area contributed by atoms with Gasteiger partial charge in [0.25, 0.3) is 0 Å². The Morgan fingerprint density at radius 2 is 2.15 bits per heavy atom. The third kappa shape index (κ3) is 2.71. The number of nitrogens with two attached hydrogens (primary N) is 1. The number of anilines is 1. The van der Waals surface area contributed by atoms with E-state index >= 15 is 0 Å². The summed E-state index contributed by atoms with van der Waals surface area (Å²) in [5.41, 5.74) is 7.54. The van der Waals surface area contributed by atoms with Crippen LogP contribution < -0.4 is 5.73 Å². The molecule has 1 aromatic heterocycles. The molecule has 0 saturated carbocycles. The fourth-order valence-corrected chi connectivity index (χ4v) is 2.14. The Bertz CT molecular complexity index is 634. The van der Waals surface area contributed by atoms with Crippen molar-refractivity contribution >= 4 is 11.5 Å². The van der Waals surface area contributed by atoms with Crippen molar-refractivity contribution in [1.29, 1.82) is 0 Å². The average molecular weight is 275 g/mol. The van der Waals surface area contributed by atoms with Gasteiger partial charge in [0.2, 0.25) is 0 Å². The lowest BCUT2D eigenvalue weighted by Crippen LogP contribution is -2.12. The van der Waals surface area contributed by atoms with Crippen LogP contribution in [0.3, 0.4) is 0 Å². The van der Waals surface area contributed by atoms with E-state index in [0.717, 1.165) is 17.8 Å². The monoisotopic (exact) mass is 275 g/mol. The molecule has 0 fully saturated rings. The number of carbonyl (C=O) groups excluding carboxylic acids is 1. The minimum Gasteiger partial charge on any atom is -0.396 e. The maximum absolute atomic E-state index is 13.4. The summed E-state index contributed by atoms with van der Waals surface area (Å²) < 4.78 is 15.2. The standard InChI is InChI=1S/C15H18FN3O/c1-3-10-8-11(19(4-2)18-10)9-14(20)12-6-5-7-13(16)15(12)17/h5-8H,3-4,9,17H2,1-2H3. The summed E-state index contributed by atoms with van der Waals surface area (Å²) in [6, 6.07) is 6.20. The minimum absolute atomic E-state index is 0.0872. The Kier molecular flexibility index (Phi) is 4.17. The molecule has 2 N–H and O–H groups in total. The van der Waals surface area contributed by atoms with Gasteiger partial charge in [0.15, 0.2) is 5.78 Å². The van der Waals surface area contributed by atoms with E-state index in [0.29, 0.717) is 6.54 Å². The first-order valence-electron chi connectivity index (χ1n) is 6.69. The van der Waals surface area contributed by atoms with Gasteiger partial charge in [-0.25, -0.2) is 4.39 Å². The van der Waals surface area contributed by atoms with Gasteiger partial charge in [0, 0.05) is 17.8 Å². The van der Waals surface area contributed by atoms with Crippen LogP contribution in [0, 0.1) is 5.82 Å². The summed E-state index contributed by atoms with van der Waals surface area (Å²) in [4.78, 5) is 12.3. The van der Waals surface area contributed by atoms with E-state index in [-0.39, 0.29) is 23.5 Å². The number of aryl methyl sites for hydroxylation is 2. The van der Waals surface area contributed by atoms with E-state index in [4.69, 9.17) is 5.73 Å². The zero-order valence-electron chi connectivity index (χ0n) is 11.7. The van der Waals surface area contributed by atoms with Gasteiger partial charge in [0.05, 0.1) is 17.8 Å². The van der Waals surface area contributed by atoms with Crippen LogP contribution >= 0.6 is 0 Å². The number of hydrogen-bond acceptors (Lipinski definition) is 3. The molecule has 0 aliphatic carbocycles. The van der Waals surface area contributed by atoms with Gasteiger partial charge < -0.3 is 5.73 Å². The number of carbonyl (C=O) groups is 1. The highest BCUT2D eigenvalue weighted by atomic mass is 19.1. The van der Waals surface area contributed by atoms with Crippen LogP contribution in [0.25, 0.3) is 0 Å². The number of benzene rings is 1.